The topological polar surface area (TPSA) is 113 Å². The Morgan fingerprint density at radius 2 is 1.97 bits per heavy atom. The van der Waals surface area contributed by atoms with E-state index in [1.807, 2.05) is 24.6 Å². The summed E-state index contributed by atoms with van der Waals surface area (Å²) in [6, 6.07) is 5.23. The lowest BCUT2D eigenvalue weighted by Crippen LogP contribution is -2.48. The Morgan fingerprint density at radius 3 is 2.60 bits per heavy atom. The van der Waals surface area contributed by atoms with Crippen LogP contribution in [-0.4, -0.2) is 71.6 Å². The van der Waals surface area contributed by atoms with E-state index in [0.29, 0.717) is 59.6 Å². The van der Waals surface area contributed by atoms with E-state index in [-0.39, 0.29) is 11.6 Å². The molecular formula is C25H36N6O3S. The molecule has 10 heteroatoms. The van der Waals surface area contributed by atoms with Crippen molar-refractivity contribution in [3.8, 4) is 17.1 Å². The third-order valence-corrected chi connectivity index (χ3v) is 8.84. The van der Waals surface area contributed by atoms with Crippen LogP contribution < -0.4 is 10.1 Å². The van der Waals surface area contributed by atoms with E-state index in [0.717, 1.165) is 19.4 Å². The smallest absolute Gasteiger partial charge is 0.181 e. The first-order valence-electron chi connectivity index (χ1n) is 12.2. The van der Waals surface area contributed by atoms with Crippen LogP contribution in [0.4, 0.5) is 0 Å². The Morgan fingerprint density at radius 1 is 1.26 bits per heavy atom. The maximum Gasteiger partial charge on any atom is 0.181 e. The van der Waals surface area contributed by atoms with Crippen LogP contribution in [0.3, 0.4) is 0 Å². The van der Waals surface area contributed by atoms with Gasteiger partial charge in [-0.1, -0.05) is 0 Å². The van der Waals surface area contributed by atoms with E-state index < -0.39 is 15.1 Å². The molecule has 0 spiro atoms. The minimum absolute atomic E-state index is 0.0369. The van der Waals surface area contributed by atoms with Crippen LogP contribution in [0.15, 0.2) is 34.3 Å². The van der Waals surface area contributed by atoms with Gasteiger partial charge in [-0.25, -0.2) is 18.4 Å². The summed E-state index contributed by atoms with van der Waals surface area (Å²) >= 11 is 0. The summed E-state index contributed by atoms with van der Waals surface area (Å²) in [4.78, 5) is 11.6. The average Bonchev–Trinajstić information content (AvgIpc) is 3.14. The fraction of sp³-hybridized carbons (Fsp3) is 0.560. The van der Waals surface area contributed by atoms with Gasteiger partial charge in [0.15, 0.2) is 15.7 Å². The van der Waals surface area contributed by atoms with Crippen molar-refractivity contribution >= 4 is 22.0 Å². The van der Waals surface area contributed by atoms with Gasteiger partial charge in [0.25, 0.3) is 0 Å². The first-order chi connectivity index (χ1) is 16.5. The molecule has 0 radical (unpaired) electrons. The number of likely N-dealkylation sites (tertiary alicyclic amines) is 1. The predicted octanol–water partition coefficient (Wildman–Crippen LogP) is 3.33. The fourth-order valence-corrected chi connectivity index (χ4v) is 6.46. The second-order valence-electron chi connectivity index (χ2n) is 10.5. The normalized spacial score (nSPS) is 17.9. The number of imidazole rings is 1. The molecule has 2 aliphatic rings. The number of benzene rings is 1. The van der Waals surface area contributed by atoms with E-state index >= 15 is 0 Å². The SMILES string of the molecule is CC(C)N/C(=N\C=N)c1cn2c(n1)-c1cc(S(=O)(=O)C3CCN(C(C)(C)C)CC3)ccc1OCC2. The van der Waals surface area contributed by atoms with Crippen LogP contribution in [-0.2, 0) is 16.4 Å². The molecule has 3 heterocycles. The number of piperidine rings is 1. The maximum atomic E-state index is 13.6. The van der Waals surface area contributed by atoms with E-state index in [2.05, 4.69) is 36.0 Å². The van der Waals surface area contributed by atoms with Gasteiger partial charge in [-0.3, -0.25) is 10.3 Å². The number of fused-ring (bicyclic) bond motifs is 3. The molecular weight excluding hydrogens is 464 g/mol. The Balaban J connectivity index is 1.68. The van der Waals surface area contributed by atoms with Crippen LogP contribution in [0.2, 0.25) is 0 Å². The second kappa shape index (κ2) is 9.73. The molecule has 0 bridgehead atoms. The molecule has 190 valence electrons. The number of nitrogens with zero attached hydrogens (tertiary/aromatic N) is 4. The summed E-state index contributed by atoms with van der Waals surface area (Å²) in [7, 11) is -3.50. The first-order valence-corrected chi connectivity index (χ1v) is 13.7. The molecule has 0 atom stereocenters. The van der Waals surface area contributed by atoms with Gasteiger partial charge in [-0.15, -0.1) is 0 Å². The van der Waals surface area contributed by atoms with Crippen molar-refractivity contribution in [2.45, 2.75) is 75.7 Å². The monoisotopic (exact) mass is 500 g/mol. The molecule has 0 amide bonds. The number of sulfone groups is 1. The number of hydrogen-bond acceptors (Lipinski definition) is 6. The van der Waals surface area contributed by atoms with E-state index in [1.165, 1.54) is 0 Å². The van der Waals surface area contributed by atoms with Gasteiger partial charge in [-0.05, 0) is 78.7 Å². The molecule has 2 aliphatic heterocycles. The lowest BCUT2D eigenvalue weighted by Gasteiger charge is -2.40. The van der Waals surface area contributed by atoms with Crippen LogP contribution in [0.1, 0.15) is 53.2 Å². The molecule has 1 aromatic carbocycles. The summed E-state index contributed by atoms with van der Waals surface area (Å²) in [6.45, 7) is 13.0. The molecule has 1 aromatic heterocycles. The Kier molecular flexibility index (Phi) is 7.06. The number of ether oxygens (including phenoxy) is 1. The van der Waals surface area contributed by atoms with Gasteiger partial charge >= 0.3 is 0 Å². The van der Waals surface area contributed by atoms with Crippen molar-refractivity contribution in [1.82, 2.24) is 19.8 Å². The summed E-state index contributed by atoms with van der Waals surface area (Å²) in [6.07, 6.45) is 4.10. The molecule has 4 rings (SSSR count). The number of nitrogens with one attached hydrogen (secondary N) is 2. The van der Waals surface area contributed by atoms with Crippen LogP contribution in [0, 0.1) is 5.41 Å². The van der Waals surface area contributed by atoms with Gasteiger partial charge in [0.1, 0.15) is 30.2 Å². The van der Waals surface area contributed by atoms with Crippen molar-refractivity contribution in [2.24, 2.45) is 4.99 Å². The Bertz CT molecular complexity index is 1220. The van der Waals surface area contributed by atoms with Gasteiger partial charge in [-0.2, -0.15) is 0 Å². The van der Waals surface area contributed by atoms with Gasteiger partial charge in [0.05, 0.1) is 22.3 Å². The largest absolute Gasteiger partial charge is 0.491 e. The van der Waals surface area contributed by atoms with Crippen molar-refractivity contribution in [3.05, 3.63) is 30.1 Å². The molecule has 2 N–H and O–H groups in total. The lowest BCUT2D eigenvalue weighted by atomic mass is 10.0. The van der Waals surface area contributed by atoms with Crippen molar-refractivity contribution in [2.75, 3.05) is 19.7 Å². The summed E-state index contributed by atoms with van der Waals surface area (Å²) in [5.41, 5.74) is 1.29. The lowest BCUT2D eigenvalue weighted by molar-refractivity contribution is 0.112. The highest BCUT2D eigenvalue weighted by atomic mass is 32.2. The minimum atomic E-state index is -3.50. The van der Waals surface area contributed by atoms with Gasteiger partial charge in [0, 0.05) is 17.8 Å². The van der Waals surface area contributed by atoms with Gasteiger partial charge < -0.3 is 14.6 Å². The molecule has 0 unspecified atom stereocenters. The van der Waals surface area contributed by atoms with E-state index in [9.17, 15) is 8.42 Å². The standard InChI is InChI=1S/C25H36N6O3S/c1-17(2)28-23(27-16-26)21-15-30-12-13-34-22-7-6-19(14-20(22)24(30)29-21)35(32,33)18-8-10-31(11-9-18)25(3,4)5/h6-7,14-18H,8-13H2,1-5H3,(H2,26,27,28). The molecule has 0 saturated carbocycles. The van der Waals surface area contributed by atoms with Crippen molar-refractivity contribution in [3.63, 3.8) is 0 Å². The molecule has 0 aliphatic carbocycles. The minimum Gasteiger partial charge on any atom is -0.491 e. The number of aromatic nitrogens is 2. The average molecular weight is 501 g/mol. The number of aliphatic imine (C=N–C) groups is 1. The Hall–Kier alpha value is -2.72. The first kappa shape index (κ1) is 25.4. The fourth-order valence-electron chi connectivity index (χ4n) is 4.70. The second-order valence-corrected chi connectivity index (χ2v) is 12.7. The third-order valence-electron chi connectivity index (χ3n) is 6.58. The van der Waals surface area contributed by atoms with Gasteiger partial charge in [0.2, 0.25) is 0 Å². The van der Waals surface area contributed by atoms with E-state index in [4.69, 9.17) is 15.1 Å². The van der Waals surface area contributed by atoms with E-state index in [1.54, 1.807) is 18.2 Å². The summed E-state index contributed by atoms with van der Waals surface area (Å²) in [5, 5.41) is 10.2. The highest BCUT2D eigenvalue weighted by Gasteiger charge is 2.35. The number of amidine groups is 1. The predicted molar refractivity (Wildman–Crippen MR) is 138 cm³/mol. The molecule has 9 nitrogen and oxygen atoms in total. The van der Waals surface area contributed by atoms with Crippen molar-refractivity contribution in [1.29, 1.82) is 5.41 Å². The molecule has 35 heavy (non-hydrogen) atoms. The third kappa shape index (κ3) is 5.28. The highest BCUT2D eigenvalue weighted by Crippen LogP contribution is 2.36. The zero-order chi connectivity index (χ0) is 25.4. The molecule has 2 aromatic rings. The quantitative estimate of drug-likeness (QED) is 0.481. The van der Waals surface area contributed by atoms with Crippen molar-refractivity contribution < 1.29 is 13.2 Å². The number of rotatable bonds is 5. The summed E-state index contributed by atoms with van der Waals surface area (Å²) < 4.78 is 35.1. The van der Waals surface area contributed by atoms with Crippen LogP contribution in [0.5, 0.6) is 5.75 Å². The zero-order valence-electron chi connectivity index (χ0n) is 21.2. The highest BCUT2D eigenvalue weighted by molar-refractivity contribution is 7.92. The number of hydrogen-bond donors (Lipinski definition) is 2. The zero-order valence-corrected chi connectivity index (χ0v) is 22.0. The Labute approximate surface area is 208 Å². The summed E-state index contributed by atoms with van der Waals surface area (Å²) in [5.74, 6) is 1.76. The molecule has 1 saturated heterocycles. The van der Waals surface area contributed by atoms with Crippen LogP contribution >= 0.6 is 0 Å². The molecule has 1 fully saturated rings. The maximum absolute atomic E-state index is 13.6. The van der Waals surface area contributed by atoms with Crippen LogP contribution in [0.25, 0.3) is 11.4 Å².